The third-order valence-corrected chi connectivity index (χ3v) is 7.22. The average molecular weight is 383 g/mol. The van der Waals surface area contributed by atoms with Crippen LogP contribution < -0.4 is 5.32 Å². The Kier molecular flexibility index (Phi) is 5.67. The molecule has 1 aromatic rings. The number of halogens is 1. The number of benzene rings is 1. The number of nitrogens with zero attached hydrogens (tertiary/aromatic N) is 1. The maximum Gasteiger partial charge on any atom is 0.223 e. The summed E-state index contributed by atoms with van der Waals surface area (Å²) in [5, 5.41) is 3.10. The number of rotatable bonds is 5. The first-order valence-corrected chi connectivity index (χ1v) is 11.1. The lowest BCUT2D eigenvalue weighted by atomic mass is 9.78. The predicted molar refractivity (Wildman–Crippen MR) is 98.7 cm³/mol. The van der Waals surface area contributed by atoms with Crippen molar-refractivity contribution in [1.82, 2.24) is 9.62 Å². The van der Waals surface area contributed by atoms with E-state index >= 15 is 0 Å². The lowest BCUT2D eigenvalue weighted by Gasteiger charge is -2.33. The molecule has 26 heavy (non-hydrogen) atoms. The fourth-order valence-corrected chi connectivity index (χ4v) is 5.15. The third kappa shape index (κ3) is 4.26. The fraction of sp³-hybridized carbons (Fsp3) is 0.632. The number of sulfonamides is 1. The van der Waals surface area contributed by atoms with Gasteiger partial charge in [-0.05, 0) is 43.4 Å². The van der Waals surface area contributed by atoms with Gasteiger partial charge < -0.3 is 5.32 Å². The molecule has 7 heteroatoms. The summed E-state index contributed by atoms with van der Waals surface area (Å²) in [6.45, 7) is 1.36. The number of piperidine rings is 1. The second kappa shape index (κ2) is 7.64. The standard InChI is InChI=1S/C19H27FN2O3S/c1-26(24,25)22-12-8-15(9-13-22)18(23)21-14-19(10-2-3-11-19)16-4-6-17(20)7-5-16/h4-7,15H,2-3,8-14H2,1H3,(H,21,23). The Morgan fingerprint density at radius 3 is 2.31 bits per heavy atom. The number of amides is 1. The van der Waals surface area contributed by atoms with Crippen LogP contribution in [0.25, 0.3) is 0 Å². The normalized spacial score (nSPS) is 21.6. The van der Waals surface area contributed by atoms with Crippen molar-refractivity contribution < 1.29 is 17.6 Å². The largest absolute Gasteiger partial charge is 0.355 e. The summed E-state index contributed by atoms with van der Waals surface area (Å²) in [5.41, 5.74) is 0.972. The van der Waals surface area contributed by atoms with Gasteiger partial charge >= 0.3 is 0 Å². The first-order valence-electron chi connectivity index (χ1n) is 9.29. The van der Waals surface area contributed by atoms with E-state index in [4.69, 9.17) is 0 Å². The van der Waals surface area contributed by atoms with Crippen molar-refractivity contribution in [2.45, 2.75) is 43.9 Å². The molecule has 0 radical (unpaired) electrons. The molecule has 1 aliphatic heterocycles. The molecule has 5 nitrogen and oxygen atoms in total. The van der Waals surface area contributed by atoms with Gasteiger partial charge in [-0.2, -0.15) is 0 Å². The van der Waals surface area contributed by atoms with Crippen molar-refractivity contribution in [1.29, 1.82) is 0 Å². The fourth-order valence-electron chi connectivity index (χ4n) is 4.27. The Morgan fingerprint density at radius 2 is 1.77 bits per heavy atom. The van der Waals surface area contributed by atoms with E-state index in [0.717, 1.165) is 31.2 Å². The van der Waals surface area contributed by atoms with Crippen LogP contribution in [0.15, 0.2) is 24.3 Å². The van der Waals surface area contributed by atoms with Gasteiger partial charge in [-0.15, -0.1) is 0 Å². The van der Waals surface area contributed by atoms with Gasteiger partial charge in [0.1, 0.15) is 5.82 Å². The van der Waals surface area contributed by atoms with Gasteiger partial charge in [0, 0.05) is 31.0 Å². The molecular weight excluding hydrogens is 355 g/mol. The lowest BCUT2D eigenvalue weighted by Crippen LogP contribution is -2.45. The van der Waals surface area contributed by atoms with Crippen LogP contribution in [-0.2, 0) is 20.2 Å². The molecule has 1 N–H and O–H groups in total. The molecule has 1 aliphatic carbocycles. The van der Waals surface area contributed by atoms with E-state index in [0.29, 0.717) is 32.5 Å². The summed E-state index contributed by atoms with van der Waals surface area (Å²) in [4.78, 5) is 12.6. The summed E-state index contributed by atoms with van der Waals surface area (Å²) >= 11 is 0. The van der Waals surface area contributed by atoms with Gasteiger partial charge in [0.05, 0.1) is 6.26 Å². The Morgan fingerprint density at radius 1 is 1.19 bits per heavy atom. The van der Waals surface area contributed by atoms with Crippen LogP contribution in [0.1, 0.15) is 44.1 Å². The lowest BCUT2D eigenvalue weighted by molar-refractivity contribution is -0.126. The molecule has 0 aromatic heterocycles. The van der Waals surface area contributed by atoms with E-state index in [1.54, 1.807) is 0 Å². The SMILES string of the molecule is CS(=O)(=O)N1CCC(C(=O)NCC2(c3ccc(F)cc3)CCCC2)CC1. The van der Waals surface area contributed by atoms with Crippen molar-refractivity contribution in [3.05, 3.63) is 35.6 Å². The van der Waals surface area contributed by atoms with Gasteiger partial charge in [0.2, 0.25) is 15.9 Å². The van der Waals surface area contributed by atoms with Crippen LogP contribution in [0.4, 0.5) is 4.39 Å². The Balaban J connectivity index is 1.60. The van der Waals surface area contributed by atoms with Crippen LogP contribution in [0, 0.1) is 11.7 Å². The first kappa shape index (κ1) is 19.3. The maximum absolute atomic E-state index is 13.3. The number of carbonyl (C=O) groups excluding carboxylic acids is 1. The van der Waals surface area contributed by atoms with Crippen molar-refractivity contribution >= 4 is 15.9 Å². The maximum atomic E-state index is 13.3. The zero-order valence-corrected chi connectivity index (χ0v) is 16.0. The quantitative estimate of drug-likeness (QED) is 0.851. The van der Waals surface area contributed by atoms with Crippen LogP contribution >= 0.6 is 0 Å². The Bertz CT molecular complexity index is 735. The number of nitrogens with one attached hydrogen (secondary N) is 1. The summed E-state index contributed by atoms with van der Waals surface area (Å²) in [6, 6.07) is 6.63. The second-order valence-electron chi connectivity index (χ2n) is 7.65. The molecule has 1 saturated heterocycles. The Hall–Kier alpha value is -1.47. The van der Waals surface area contributed by atoms with E-state index in [1.807, 2.05) is 12.1 Å². The highest BCUT2D eigenvalue weighted by Crippen LogP contribution is 2.40. The van der Waals surface area contributed by atoms with Crippen molar-refractivity contribution in [2.75, 3.05) is 25.9 Å². The van der Waals surface area contributed by atoms with Gasteiger partial charge in [-0.1, -0.05) is 25.0 Å². The molecule has 2 fully saturated rings. The minimum atomic E-state index is -3.18. The summed E-state index contributed by atoms with van der Waals surface area (Å²) in [6.07, 6.45) is 6.53. The molecule has 0 unspecified atom stereocenters. The summed E-state index contributed by atoms with van der Waals surface area (Å²) in [5.74, 6) is -0.380. The average Bonchev–Trinajstić information content (AvgIpc) is 3.10. The topological polar surface area (TPSA) is 66.5 Å². The van der Waals surface area contributed by atoms with Gasteiger partial charge in [-0.3, -0.25) is 4.79 Å². The van der Waals surface area contributed by atoms with E-state index in [1.165, 1.54) is 22.7 Å². The van der Waals surface area contributed by atoms with E-state index in [-0.39, 0.29) is 23.1 Å². The minimum absolute atomic E-state index is 0.00605. The first-order chi connectivity index (χ1) is 12.3. The molecule has 0 bridgehead atoms. The zero-order chi connectivity index (χ0) is 18.8. The second-order valence-corrected chi connectivity index (χ2v) is 9.63. The molecule has 1 heterocycles. The van der Waals surface area contributed by atoms with Gasteiger partial charge in [0.15, 0.2) is 0 Å². The van der Waals surface area contributed by atoms with Gasteiger partial charge in [-0.25, -0.2) is 17.1 Å². The highest BCUT2D eigenvalue weighted by Gasteiger charge is 2.37. The summed E-state index contributed by atoms with van der Waals surface area (Å²) < 4.78 is 37.9. The smallest absolute Gasteiger partial charge is 0.223 e. The number of hydrogen-bond acceptors (Lipinski definition) is 3. The molecule has 1 saturated carbocycles. The van der Waals surface area contributed by atoms with E-state index in [2.05, 4.69) is 5.32 Å². The van der Waals surface area contributed by atoms with E-state index in [9.17, 15) is 17.6 Å². The van der Waals surface area contributed by atoms with Crippen molar-refractivity contribution in [2.24, 2.45) is 5.92 Å². The number of hydrogen-bond donors (Lipinski definition) is 1. The molecule has 1 aromatic carbocycles. The molecule has 3 rings (SSSR count). The highest BCUT2D eigenvalue weighted by molar-refractivity contribution is 7.88. The Labute approximate surface area is 155 Å². The van der Waals surface area contributed by atoms with Gasteiger partial charge in [0.25, 0.3) is 0 Å². The monoisotopic (exact) mass is 382 g/mol. The van der Waals surface area contributed by atoms with Crippen LogP contribution in [0.5, 0.6) is 0 Å². The highest BCUT2D eigenvalue weighted by atomic mass is 32.2. The molecule has 0 atom stereocenters. The predicted octanol–water partition coefficient (Wildman–Crippen LogP) is 2.43. The molecule has 1 amide bonds. The molecule has 2 aliphatic rings. The minimum Gasteiger partial charge on any atom is -0.355 e. The van der Waals surface area contributed by atoms with Crippen molar-refractivity contribution in [3.63, 3.8) is 0 Å². The van der Waals surface area contributed by atoms with Crippen LogP contribution in [0.3, 0.4) is 0 Å². The third-order valence-electron chi connectivity index (χ3n) is 5.91. The summed E-state index contributed by atoms with van der Waals surface area (Å²) in [7, 11) is -3.18. The van der Waals surface area contributed by atoms with Crippen LogP contribution in [0.2, 0.25) is 0 Å². The number of carbonyl (C=O) groups is 1. The zero-order valence-electron chi connectivity index (χ0n) is 15.2. The van der Waals surface area contributed by atoms with Crippen LogP contribution in [-0.4, -0.2) is 44.5 Å². The molecular formula is C19H27FN2O3S. The molecule has 0 spiro atoms. The molecule has 144 valence electrons. The van der Waals surface area contributed by atoms with Crippen molar-refractivity contribution in [3.8, 4) is 0 Å². The van der Waals surface area contributed by atoms with E-state index < -0.39 is 10.0 Å².